The highest BCUT2D eigenvalue weighted by Crippen LogP contribution is 2.29. The Labute approximate surface area is 181 Å². The first-order valence-corrected chi connectivity index (χ1v) is 11.3. The lowest BCUT2D eigenvalue weighted by atomic mass is 10.2. The lowest BCUT2D eigenvalue weighted by Crippen LogP contribution is -2.22. The minimum absolute atomic E-state index is 0.271. The molecule has 0 aliphatic rings. The van der Waals surface area contributed by atoms with Crippen molar-refractivity contribution in [3.63, 3.8) is 0 Å². The Morgan fingerprint density at radius 2 is 1.84 bits per heavy atom. The Bertz CT molecular complexity index is 1310. The molecule has 0 bridgehead atoms. The minimum Gasteiger partial charge on any atom is -0.467 e. The van der Waals surface area contributed by atoms with Crippen molar-refractivity contribution in [2.75, 3.05) is 19.4 Å². The number of benzene rings is 1. The number of nitrogens with one attached hydrogen (secondary N) is 1. The van der Waals surface area contributed by atoms with Gasteiger partial charge < -0.3 is 14.3 Å². The zero-order chi connectivity index (χ0) is 22.2. The zero-order valence-electron chi connectivity index (χ0n) is 18.0. The fourth-order valence-electron chi connectivity index (χ4n) is 3.53. The van der Waals surface area contributed by atoms with E-state index >= 15 is 0 Å². The molecular weight excluding hydrogens is 414 g/mol. The van der Waals surface area contributed by atoms with Gasteiger partial charge in [0, 0.05) is 26.3 Å². The predicted octanol–water partition coefficient (Wildman–Crippen LogP) is 3.55. The molecule has 1 N–H and O–H groups in total. The fourth-order valence-corrected chi connectivity index (χ4v) is 4.43. The van der Waals surface area contributed by atoms with Crippen LogP contribution in [0, 0.1) is 13.8 Å². The summed E-state index contributed by atoms with van der Waals surface area (Å²) in [5.74, 6) is 1.61. The summed E-state index contributed by atoms with van der Waals surface area (Å²) in [7, 11) is -0.394. The largest absolute Gasteiger partial charge is 0.467 e. The molecule has 162 valence electrons. The molecule has 9 heteroatoms. The highest BCUT2D eigenvalue weighted by atomic mass is 32.2. The number of hydrogen-bond acceptors (Lipinski definition) is 6. The van der Waals surface area contributed by atoms with Crippen molar-refractivity contribution in [3.05, 3.63) is 71.6 Å². The molecule has 31 heavy (non-hydrogen) atoms. The van der Waals surface area contributed by atoms with Crippen molar-refractivity contribution in [2.24, 2.45) is 0 Å². The number of nitrogens with zero attached hydrogens (tertiary/aromatic N) is 4. The van der Waals surface area contributed by atoms with Gasteiger partial charge in [-0.15, -0.1) is 0 Å². The van der Waals surface area contributed by atoms with E-state index in [9.17, 15) is 8.42 Å². The first-order chi connectivity index (χ1) is 14.8. The van der Waals surface area contributed by atoms with Crippen LogP contribution in [0.15, 0.2) is 58.3 Å². The van der Waals surface area contributed by atoms with Crippen molar-refractivity contribution < 1.29 is 12.8 Å². The molecule has 0 aliphatic heterocycles. The van der Waals surface area contributed by atoms with Gasteiger partial charge in [0.2, 0.25) is 10.0 Å². The Morgan fingerprint density at radius 1 is 1.10 bits per heavy atom. The second-order valence-corrected chi connectivity index (χ2v) is 9.73. The van der Waals surface area contributed by atoms with E-state index < -0.39 is 10.0 Å². The van der Waals surface area contributed by atoms with E-state index in [0.717, 1.165) is 39.4 Å². The molecule has 0 spiro atoms. The van der Waals surface area contributed by atoms with E-state index in [0.29, 0.717) is 13.1 Å². The number of anilines is 1. The maximum Gasteiger partial charge on any atom is 0.242 e. The van der Waals surface area contributed by atoms with E-state index in [-0.39, 0.29) is 4.90 Å². The van der Waals surface area contributed by atoms with Crippen LogP contribution in [0.25, 0.3) is 11.0 Å². The van der Waals surface area contributed by atoms with Gasteiger partial charge in [0.25, 0.3) is 0 Å². The molecule has 0 amide bonds. The van der Waals surface area contributed by atoms with Gasteiger partial charge in [0.15, 0.2) is 0 Å². The van der Waals surface area contributed by atoms with Crippen LogP contribution in [0.3, 0.4) is 0 Å². The molecule has 3 aromatic heterocycles. The minimum atomic E-state index is -3.44. The smallest absolute Gasteiger partial charge is 0.242 e. The van der Waals surface area contributed by atoms with Crippen molar-refractivity contribution in [2.45, 2.75) is 31.8 Å². The highest BCUT2D eigenvalue weighted by molar-refractivity contribution is 7.89. The number of fused-ring (bicyclic) bond motifs is 1. The molecule has 8 nitrogen and oxygen atoms in total. The number of hydrogen-bond donors (Lipinski definition) is 1. The van der Waals surface area contributed by atoms with Crippen molar-refractivity contribution in [1.82, 2.24) is 18.8 Å². The number of aromatic nitrogens is 3. The molecule has 0 saturated carbocycles. The van der Waals surface area contributed by atoms with E-state index in [4.69, 9.17) is 4.42 Å². The lowest BCUT2D eigenvalue weighted by Gasteiger charge is -2.12. The zero-order valence-corrected chi connectivity index (χ0v) is 18.8. The molecule has 3 heterocycles. The van der Waals surface area contributed by atoms with E-state index in [1.54, 1.807) is 24.7 Å². The normalized spacial score (nSPS) is 12.0. The molecule has 0 atom stereocenters. The van der Waals surface area contributed by atoms with Crippen LogP contribution < -0.4 is 5.32 Å². The van der Waals surface area contributed by atoms with E-state index in [2.05, 4.69) is 33.7 Å². The van der Waals surface area contributed by atoms with Gasteiger partial charge in [0.05, 0.1) is 23.1 Å². The summed E-state index contributed by atoms with van der Waals surface area (Å²) in [4.78, 5) is 9.24. The van der Waals surface area contributed by atoms with E-state index in [1.165, 1.54) is 18.4 Å². The van der Waals surface area contributed by atoms with Crippen LogP contribution in [0.5, 0.6) is 0 Å². The summed E-state index contributed by atoms with van der Waals surface area (Å²) in [5, 5.41) is 4.35. The van der Waals surface area contributed by atoms with Gasteiger partial charge in [-0.2, -0.15) is 0 Å². The first kappa shape index (κ1) is 21.1. The molecule has 0 unspecified atom stereocenters. The second kappa shape index (κ2) is 8.16. The van der Waals surface area contributed by atoms with Crippen LogP contribution in [-0.2, 0) is 23.1 Å². The lowest BCUT2D eigenvalue weighted by molar-refractivity contribution is 0.494. The number of furan rings is 1. The van der Waals surface area contributed by atoms with Crippen LogP contribution in [-0.4, -0.2) is 41.4 Å². The van der Waals surface area contributed by atoms with Crippen molar-refractivity contribution >= 4 is 26.9 Å². The Morgan fingerprint density at radius 3 is 2.48 bits per heavy atom. The van der Waals surface area contributed by atoms with Gasteiger partial charge in [-0.05, 0) is 49.2 Å². The summed E-state index contributed by atoms with van der Waals surface area (Å²) in [6, 6.07) is 10.7. The monoisotopic (exact) mass is 439 g/mol. The quantitative estimate of drug-likeness (QED) is 0.473. The maximum atomic E-state index is 12.2. The topological polar surface area (TPSA) is 93.3 Å². The number of rotatable bonds is 7. The summed E-state index contributed by atoms with van der Waals surface area (Å²) in [5.41, 5.74) is 4.01. The van der Waals surface area contributed by atoms with Crippen LogP contribution in [0.4, 0.5) is 5.82 Å². The predicted molar refractivity (Wildman–Crippen MR) is 119 cm³/mol. The van der Waals surface area contributed by atoms with Gasteiger partial charge >= 0.3 is 0 Å². The van der Waals surface area contributed by atoms with Crippen molar-refractivity contribution in [3.8, 4) is 0 Å². The molecule has 4 rings (SSSR count). The SMILES string of the molecule is Cc1c(C)n(Cc2ccco2)c2ncnc(NCc3ccc(S(=O)(=O)N(C)C)cc3)c12. The van der Waals surface area contributed by atoms with Crippen LogP contribution in [0.2, 0.25) is 0 Å². The second-order valence-electron chi connectivity index (χ2n) is 7.58. The third-order valence-electron chi connectivity index (χ3n) is 5.46. The Kier molecular flexibility index (Phi) is 5.55. The third kappa shape index (κ3) is 3.94. The highest BCUT2D eigenvalue weighted by Gasteiger charge is 2.18. The molecule has 0 aliphatic carbocycles. The molecular formula is C22H25N5O3S. The maximum absolute atomic E-state index is 12.2. The first-order valence-electron chi connectivity index (χ1n) is 9.87. The van der Waals surface area contributed by atoms with Gasteiger partial charge in [-0.3, -0.25) is 0 Å². The van der Waals surface area contributed by atoms with Gasteiger partial charge in [-0.1, -0.05) is 12.1 Å². The van der Waals surface area contributed by atoms with Gasteiger partial charge in [-0.25, -0.2) is 22.7 Å². The summed E-state index contributed by atoms with van der Waals surface area (Å²) < 4.78 is 33.3. The van der Waals surface area contributed by atoms with Crippen molar-refractivity contribution in [1.29, 1.82) is 0 Å². The van der Waals surface area contributed by atoms with Crippen LogP contribution >= 0.6 is 0 Å². The fraction of sp³-hybridized carbons (Fsp3) is 0.273. The molecule has 0 fully saturated rings. The van der Waals surface area contributed by atoms with Crippen LogP contribution in [0.1, 0.15) is 22.6 Å². The number of sulfonamides is 1. The standard InChI is InChI=1S/C22H25N5O3S/c1-15-16(2)27(13-18-6-5-11-30-18)22-20(15)21(24-14-25-22)23-12-17-7-9-19(10-8-17)31(28,29)26(3)4/h5-11,14H,12-13H2,1-4H3,(H,23,24,25). The number of aryl methyl sites for hydroxylation is 1. The average Bonchev–Trinajstić information content (AvgIpc) is 3.36. The molecule has 0 saturated heterocycles. The third-order valence-corrected chi connectivity index (χ3v) is 7.29. The van der Waals surface area contributed by atoms with Gasteiger partial charge in [0.1, 0.15) is 23.6 Å². The summed E-state index contributed by atoms with van der Waals surface area (Å²) in [6.45, 7) is 5.23. The summed E-state index contributed by atoms with van der Waals surface area (Å²) >= 11 is 0. The Balaban J connectivity index is 1.60. The molecule has 1 aromatic carbocycles. The molecule has 4 aromatic rings. The van der Waals surface area contributed by atoms with E-state index in [1.807, 2.05) is 24.3 Å². The molecule has 0 radical (unpaired) electrons. The summed E-state index contributed by atoms with van der Waals surface area (Å²) in [6.07, 6.45) is 3.22. The average molecular weight is 440 g/mol. The Hall–Kier alpha value is -3.17.